The van der Waals surface area contributed by atoms with Crippen LogP contribution in [0.5, 0.6) is 0 Å². The third-order valence-corrected chi connectivity index (χ3v) is 5.09. The van der Waals surface area contributed by atoms with Crippen molar-refractivity contribution in [2.24, 2.45) is 11.8 Å². The van der Waals surface area contributed by atoms with E-state index in [0.29, 0.717) is 11.8 Å². The van der Waals surface area contributed by atoms with Crippen molar-refractivity contribution in [3.05, 3.63) is 33.2 Å². The minimum atomic E-state index is -0.137. The normalized spacial score (nSPS) is 24.3. The number of likely N-dealkylation sites (tertiary alicyclic amines) is 1. The first-order valence-electron chi connectivity index (χ1n) is 7.48. The topological polar surface area (TPSA) is 54.3 Å². The number of fused-ring (bicyclic) bond motifs is 1. The van der Waals surface area contributed by atoms with Crippen LogP contribution in [0.2, 0.25) is 0 Å². The summed E-state index contributed by atoms with van der Waals surface area (Å²) in [5.74, 6) is 1.45. The molecule has 22 heavy (non-hydrogen) atoms. The number of rotatable bonds is 2. The molecule has 0 radical (unpaired) electrons. The van der Waals surface area contributed by atoms with Crippen molar-refractivity contribution < 1.29 is 4.79 Å². The Morgan fingerprint density at radius 1 is 1.23 bits per heavy atom. The fraction of sp³-hybridized carbons (Fsp3) is 0.600. The minimum Gasteiger partial charge on any atom is -0.341 e. The number of aromatic nitrogens is 1. The van der Waals surface area contributed by atoms with E-state index < -0.39 is 0 Å². The van der Waals surface area contributed by atoms with Gasteiger partial charge < -0.3 is 14.8 Å². The Hall–Kier alpha value is -0.850. The summed E-state index contributed by atoms with van der Waals surface area (Å²) in [6, 6.07) is 3.18. The summed E-state index contributed by atoms with van der Waals surface area (Å²) < 4.78 is 2.28. The van der Waals surface area contributed by atoms with E-state index in [1.54, 1.807) is 12.3 Å². The summed E-state index contributed by atoms with van der Waals surface area (Å²) in [4.78, 5) is 26.1. The predicted molar refractivity (Wildman–Crippen MR) is 91.3 cm³/mol. The van der Waals surface area contributed by atoms with Crippen LogP contribution in [0.3, 0.4) is 0 Å². The molecule has 3 rings (SSSR count). The van der Waals surface area contributed by atoms with Crippen molar-refractivity contribution in [3.8, 4) is 0 Å². The monoisotopic (exact) mass is 389 g/mol. The highest BCUT2D eigenvalue weighted by Gasteiger charge is 2.31. The third-order valence-electron chi connectivity index (χ3n) is 4.63. The Bertz CT molecular complexity index is 578. The summed E-state index contributed by atoms with van der Waals surface area (Å²) >= 11 is 3.34. The lowest BCUT2D eigenvalue weighted by Crippen LogP contribution is -2.37. The second kappa shape index (κ2) is 7.62. The predicted octanol–water partition coefficient (Wildman–Crippen LogP) is 1.49. The molecule has 0 aliphatic carbocycles. The maximum atomic E-state index is 12.4. The molecule has 122 valence electrons. The van der Waals surface area contributed by atoms with E-state index in [4.69, 9.17) is 0 Å². The Morgan fingerprint density at radius 3 is 2.50 bits per heavy atom. The van der Waals surface area contributed by atoms with Gasteiger partial charge in [0, 0.05) is 29.8 Å². The molecule has 0 unspecified atom stereocenters. The highest BCUT2D eigenvalue weighted by atomic mass is 79.9. The average Bonchev–Trinajstić information content (AvgIpc) is 2.81. The number of hydrogen-bond acceptors (Lipinski definition) is 3. The Labute approximate surface area is 144 Å². The van der Waals surface area contributed by atoms with Gasteiger partial charge in [0.25, 0.3) is 5.56 Å². The fourth-order valence-corrected chi connectivity index (χ4v) is 3.72. The van der Waals surface area contributed by atoms with E-state index in [1.165, 1.54) is 10.6 Å². The van der Waals surface area contributed by atoms with E-state index in [9.17, 15) is 9.59 Å². The Morgan fingerprint density at radius 2 is 1.86 bits per heavy atom. The van der Waals surface area contributed by atoms with Gasteiger partial charge in [-0.1, -0.05) is 0 Å². The quantitative estimate of drug-likeness (QED) is 0.832. The van der Waals surface area contributed by atoms with E-state index in [-0.39, 0.29) is 30.4 Å². The summed E-state index contributed by atoms with van der Waals surface area (Å²) in [5.41, 5.74) is -0.137. The maximum Gasteiger partial charge on any atom is 0.251 e. The first-order valence-corrected chi connectivity index (χ1v) is 8.27. The zero-order valence-electron chi connectivity index (χ0n) is 12.3. The van der Waals surface area contributed by atoms with Gasteiger partial charge in [-0.2, -0.15) is 0 Å². The summed E-state index contributed by atoms with van der Waals surface area (Å²) in [6.45, 7) is 3.91. The SMILES string of the molecule is Cl.O=C(Cn1cc(Br)ccc1=O)N1CC[C@@H]2CNC[C@@H]2CC1. The maximum absolute atomic E-state index is 12.4. The minimum absolute atomic E-state index is 0. The van der Waals surface area contributed by atoms with Crippen LogP contribution in [0.1, 0.15) is 12.8 Å². The molecular formula is C15H21BrClN3O2. The zero-order chi connectivity index (χ0) is 14.8. The molecule has 2 saturated heterocycles. The molecule has 2 aliphatic rings. The lowest BCUT2D eigenvalue weighted by Gasteiger charge is -2.21. The molecule has 1 aromatic rings. The molecule has 5 nitrogen and oxygen atoms in total. The molecule has 1 amide bonds. The van der Waals surface area contributed by atoms with Crippen LogP contribution in [0.4, 0.5) is 0 Å². The van der Waals surface area contributed by atoms with Crippen molar-refractivity contribution in [3.63, 3.8) is 0 Å². The molecule has 0 spiro atoms. The molecule has 2 fully saturated rings. The average molecular weight is 391 g/mol. The van der Waals surface area contributed by atoms with E-state index in [0.717, 1.165) is 43.5 Å². The second-order valence-electron chi connectivity index (χ2n) is 5.95. The van der Waals surface area contributed by atoms with Crippen LogP contribution in [-0.2, 0) is 11.3 Å². The molecular weight excluding hydrogens is 370 g/mol. The van der Waals surface area contributed by atoms with Crippen molar-refractivity contribution >= 4 is 34.2 Å². The summed E-state index contributed by atoms with van der Waals surface area (Å²) in [6.07, 6.45) is 3.81. The number of nitrogens with one attached hydrogen (secondary N) is 1. The summed E-state index contributed by atoms with van der Waals surface area (Å²) in [7, 11) is 0. The number of pyridine rings is 1. The molecule has 0 bridgehead atoms. The van der Waals surface area contributed by atoms with Crippen molar-refractivity contribution in [2.45, 2.75) is 19.4 Å². The van der Waals surface area contributed by atoms with E-state index in [1.807, 2.05) is 4.90 Å². The van der Waals surface area contributed by atoms with Crippen LogP contribution < -0.4 is 10.9 Å². The van der Waals surface area contributed by atoms with Gasteiger partial charge in [0.15, 0.2) is 0 Å². The van der Waals surface area contributed by atoms with E-state index in [2.05, 4.69) is 21.2 Å². The van der Waals surface area contributed by atoms with Gasteiger partial charge in [0.1, 0.15) is 6.54 Å². The first kappa shape index (κ1) is 17.5. The molecule has 1 aromatic heterocycles. The van der Waals surface area contributed by atoms with Gasteiger partial charge in [0.2, 0.25) is 5.91 Å². The van der Waals surface area contributed by atoms with E-state index >= 15 is 0 Å². The molecule has 0 saturated carbocycles. The lowest BCUT2D eigenvalue weighted by molar-refractivity contribution is -0.131. The van der Waals surface area contributed by atoms with Crippen LogP contribution in [0.15, 0.2) is 27.6 Å². The number of hydrogen-bond donors (Lipinski definition) is 1. The van der Waals surface area contributed by atoms with Gasteiger partial charge in [-0.15, -0.1) is 12.4 Å². The fourth-order valence-electron chi connectivity index (χ4n) is 3.34. The van der Waals surface area contributed by atoms with Gasteiger partial charge in [0.05, 0.1) is 0 Å². The summed E-state index contributed by atoms with van der Waals surface area (Å²) in [5, 5.41) is 3.44. The number of amides is 1. The standard InChI is InChI=1S/C15H20BrN3O2.ClH/c16-13-1-2-14(20)19(9-13)10-15(21)18-5-3-11-7-17-8-12(11)4-6-18;/h1-2,9,11-12,17H,3-8,10H2;1H/t11-,12+;. The molecule has 2 aliphatic heterocycles. The molecule has 0 aromatic carbocycles. The van der Waals surface area contributed by atoms with Crippen molar-refractivity contribution in [1.29, 1.82) is 0 Å². The molecule has 1 N–H and O–H groups in total. The Kier molecular flexibility index (Phi) is 6.06. The number of halogens is 2. The highest BCUT2D eigenvalue weighted by Crippen LogP contribution is 2.27. The first-order chi connectivity index (χ1) is 10.1. The highest BCUT2D eigenvalue weighted by molar-refractivity contribution is 9.10. The van der Waals surface area contributed by atoms with Gasteiger partial charge >= 0.3 is 0 Å². The van der Waals surface area contributed by atoms with Gasteiger partial charge in [-0.05, 0) is 59.8 Å². The third kappa shape index (κ3) is 3.91. The number of carbonyl (C=O) groups is 1. The van der Waals surface area contributed by atoms with Crippen LogP contribution in [0.25, 0.3) is 0 Å². The van der Waals surface area contributed by atoms with Crippen LogP contribution >= 0.6 is 28.3 Å². The second-order valence-corrected chi connectivity index (χ2v) is 6.87. The zero-order valence-corrected chi connectivity index (χ0v) is 14.7. The largest absolute Gasteiger partial charge is 0.341 e. The Balaban J connectivity index is 0.00000176. The van der Waals surface area contributed by atoms with Gasteiger partial charge in [-0.3, -0.25) is 9.59 Å². The molecule has 3 heterocycles. The van der Waals surface area contributed by atoms with Crippen molar-refractivity contribution in [2.75, 3.05) is 26.2 Å². The van der Waals surface area contributed by atoms with Crippen LogP contribution in [-0.4, -0.2) is 41.6 Å². The van der Waals surface area contributed by atoms with Crippen LogP contribution in [0, 0.1) is 11.8 Å². The molecule has 7 heteroatoms. The number of nitrogens with zero attached hydrogens (tertiary/aromatic N) is 2. The van der Waals surface area contributed by atoms with Crippen molar-refractivity contribution in [1.82, 2.24) is 14.8 Å². The lowest BCUT2D eigenvalue weighted by atomic mass is 9.92. The smallest absolute Gasteiger partial charge is 0.251 e. The molecule has 2 atom stereocenters. The number of carbonyl (C=O) groups excluding carboxylic acids is 1. The van der Waals surface area contributed by atoms with Gasteiger partial charge in [-0.25, -0.2) is 0 Å².